The Morgan fingerprint density at radius 3 is 2.10 bits per heavy atom. The van der Waals surface area contributed by atoms with Gasteiger partial charge in [-0.05, 0) is 49.3 Å². The quantitative estimate of drug-likeness (QED) is 0.790. The molecule has 0 radical (unpaired) electrons. The molecule has 0 bridgehead atoms. The minimum absolute atomic E-state index is 0.150. The van der Waals surface area contributed by atoms with Crippen molar-refractivity contribution in [2.45, 2.75) is 17.9 Å². The summed E-state index contributed by atoms with van der Waals surface area (Å²) in [4.78, 5) is 14.1. The second-order valence-corrected chi connectivity index (χ2v) is 9.32. The molecule has 154 valence electrons. The lowest BCUT2D eigenvalue weighted by atomic mass is 10.0. The maximum Gasteiger partial charge on any atom is 0.246 e. The van der Waals surface area contributed by atoms with Crippen LogP contribution < -0.4 is 5.32 Å². The van der Waals surface area contributed by atoms with Gasteiger partial charge in [-0.15, -0.1) is 0 Å². The maximum atomic E-state index is 12.9. The standard InChI is InChI=1S/C22H27N3O3S/c1-23-22(26)20-12-14-25(15-13-20)29(27,28)21-10-8-19(9-11-21)18-6-4-17(5-7-18)16-24(2)3/h4-12H,13-16H2,1-3H3,(H,23,26). The van der Waals surface area contributed by atoms with Crippen LogP contribution in [0.15, 0.2) is 65.1 Å². The van der Waals surface area contributed by atoms with Crippen molar-refractivity contribution in [3.63, 3.8) is 0 Å². The van der Waals surface area contributed by atoms with Crippen molar-refractivity contribution < 1.29 is 13.2 Å². The van der Waals surface area contributed by atoms with Gasteiger partial charge in [-0.1, -0.05) is 42.5 Å². The van der Waals surface area contributed by atoms with Crippen molar-refractivity contribution in [3.05, 3.63) is 65.7 Å². The highest BCUT2D eigenvalue weighted by atomic mass is 32.2. The summed E-state index contributed by atoms with van der Waals surface area (Å²) in [6, 6.07) is 15.3. The molecule has 0 saturated heterocycles. The van der Waals surface area contributed by atoms with E-state index in [4.69, 9.17) is 0 Å². The van der Waals surface area contributed by atoms with Crippen LogP contribution in [-0.2, 0) is 21.4 Å². The summed E-state index contributed by atoms with van der Waals surface area (Å²) < 4.78 is 27.2. The maximum absolute atomic E-state index is 12.9. The summed E-state index contributed by atoms with van der Waals surface area (Å²) in [7, 11) is 2.05. The summed E-state index contributed by atoms with van der Waals surface area (Å²) in [5.74, 6) is -0.150. The summed E-state index contributed by atoms with van der Waals surface area (Å²) in [6.07, 6.45) is 2.10. The first-order valence-electron chi connectivity index (χ1n) is 9.56. The minimum atomic E-state index is -3.59. The third-order valence-electron chi connectivity index (χ3n) is 4.97. The molecule has 1 aliphatic rings. The van der Waals surface area contributed by atoms with Gasteiger partial charge in [0.05, 0.1) is 4.90 Å². The number of hydrogen-bond acceptors (Lipinski definition) is 4. The normalized spacial score (nSPS) is 15.2. The second-order valence-electron chi connectivity index (χ2n) is 7.38. The molecule has 0 fully saturated rings. The molecule has 1 N–H and O–H groups in total. The summed E-state index contributed by atoms with van der Waals surface area (Å²) >= 11 is 0. The fourth-order valence-electron chi connectivity index (χ4n) is 3.37. The van der Waals surface area contributed by atoms with Crippen molar-refractivity contribution in [1.82, 2.24) is 14.5 Å². The van der Waals surface area contributed by atoms with Gasteiger partial charge in [0.1, 0.15) is 0 Å². The first kappa shape index (κ1) is 21.2. The topological polar surface area (TPSA) is 69.7 Å². The molecule has 7 heteroatoms. The van der Waals surface area contributed by atoms with E-state index in [9.17, 15) is 13.2 Å². The lowest BCUT2D eigenvalue weighted by Gasteiger charge is -2.25. The second kappa shape index (κ2) is 8.90. The number of hydrogen-bond donors (Lipinski definition) is 1. The third-order valence-corrected chi connectivity index (χ3v) is 6.85. The van der Waals surface area contributed by atoms with E-state index in [2.05, 4.69) is 34.5 Å². The molecule has 3 rings (SSSR count). The number of sulfonamides is 1. The number of carbonyl (C=O) groups is 1. The zero-order chi connectivity index (χ0) is 21.0. The van der Waals surface area contributed by atoms with Gasteiger partial charge in [-0.25, -0.2) is 8.42 Å². The first-order valence-corrected chi connectivity index (χ1v) is 11.0. The van der Waals surface area contributed by atoms with Gasteiger partial charge in [0, 0.05) is 32.3 Å². The lowest BCUT2D eigenvalue weighted by molar-refractivity contribution is -0.117. The molecule has 0 saturated carbocycles. The molecular formula is C22H27N3O3S. The van der Waals surface area contributed by atoms with E-state index in [1.807, 2.05) is 26.2 Å². The van der Waals surface area contributed by atoms with Gasteiger partial charge in [-0.2, -0.15) is 4.31 Å². The molecule has 0 spiro atoms. The summed E-state index contributed by atoms with van der Waals surface area (Å²) in [5.41, 5.74) is 3.88. The zero-order valence-electron chi connectivity index (χ0n) is 17.1. The molecule has 6 nitrogen and oxygen atoms in total. The summed E-state index contributed by atoms with van der Waals surface area (Å²) in [5, 5.41) is 2.58. The highest BCUT2D eigenvalue weighted by molar-refractivity contribution is 7.89. The van der Waals surface area contributed by atoms with Crippen LogP contribution in [0, 0.1) is 0 Å². The van der Waals surface area contributed by atoms with Crippen LogP contribution in [0.4, 0.5) is 0 Å². The fourth-order valence-corrected chi connectivity index (χ4v) is 4.75. The fraction of sp³-hybridized carbons (Fsp3) is 0.318. The van der Waals surface area contributed by atoms with Crippen LogP contribution in [0.1, 0.15) is 12.0 Å². The molecular weight excluding hydrogens is 386 g/mol. The molecule has 0 aliphatic carbocycles. The number of nitrogens with zero attached hydrogens (tertiary/aromatic N) is 2. The number of carbonyl (C=O) groups excluding carboxylic acids is 1. The SMILES string of the molecule is CNC(=O)C1=CCN(S(=O)(=O)c2ccc(-c3ccc(CN(C)C)cc3)cc2)CC1. The Labute approximate surface area is 172 Å². The van der Waals surface area contributed by atoms with Gasteiger partial charge < -0.3 is 10.2 Å². The molecule has 1 heterocycles. The highest BCUT2D eigenvalue weighted by Gasteiger charge is 2.27. The number of likely N-dealkylation sites (N-methyl/N-ethyl adjacent to an activating group) is 1. The molecule has 0 aromatic heterocycles. The summed E-state index contributed by atoms with van der Waals surface area (Å²) in [6.45, 7) is 1.39. The molecule has 0 unspecified atom stereocenters. The van der Waals surface area contributed by atoms with Crippen molar-refractivity contribution in [2.24, 2.45) is 0 Å². The Morgan fingerprint density at radius 2 is 1.62 bits per heavy atom. The van der Waals surface area contributed by atoms with Crippen molar-refractivity contribution in [2.75, 3.05) is 34.2 Å². The van der Waals surface area contributed by atoms with Crippen LogP contribution >= 0.6 is 0 Å². The Balaban J connectivity index is 1.74. The molecule has 1 aliphatic heterocycles. The van der Waals surface area contributed by atoms with E-state index in [1.54, 1.807) is 25.3 Å². The van der Waals surface area contributed by atoms with Gasteiger partial charge >= 0.3 is 0 Å². The molecule has 0 atom stereocenters. The molecule has 2 aromatic rings. The number of amides is 1. The number of benzene rings is 2. The predicted molar refractivity (Wildman–Crippen MR) is 115 cm³/mol. The van der Waals surface area contributed by atoms with Crippen LogP contribution in [0.5, 0.6) is 0 Å². The van der Waals surface area contributed by atoms with Crippen LogP contribution in [0.25, 0.3) is 11.1 Å². The minimum Gasteiger partial charge on any atom is -0.355 e. The van der Waals surface area contributed by atoms with Gasteiger partial charge in [0.25, 0.3) is 0 Å². The lowest BCUT2D eigenvalue weighted by Crippen LogP contribution is -2.37. The number of nitrogens with one attached hydrogen (secondary N) is 1. The van der Waals surface area contributed by atoms with Crippen LogP contribution in [-0.4, -0.2) is 57.8 Å². The van der Waals surface area contributed by atoms with Gasteiger partial charge in [0.15, 0.2) is 0 Å². The smallest absolute Gasteiger partial charge is 0.246 e. The van der Waals surface area contributed by atoms with E-state index in [-0.39, 0.29) is 17.3 Å². The molecule has 29 heavy (non-hydrogen) atoms. The Kier molecular flexibility index (Phi) is 6.52. The van der Waals surface area contributed by atoms with E-state index < -0.39 is 10.0 Å². The van der Waals surface area contributed by atoms with E-state index in [0.717, 1.165) is 17.7 Å². The van der Waals surface area contributed by atoms with Crippen molar-refractivity contribution in [3.8, 4) is 11.1 Å². The largest absolute Gasteiger partial charge is 0.355 e. The average molecular weight is 414 g/mol. The average Bonchev–Trinajstić information content (AvgIpc) is 2.73. The van der Waals surface area contributed by atoms with Crippen molar-refractivity contribution >= 4 is 15.9 Å². The van der Waals surface area contributed by atoms with E-state index >= 15 is 0 Å². The van der Waals surface area contributed by atoms with Gasteiger partial charge in [-0.3, -0.25) is 4.79 Å². The number of rotatable bonds is 6. The van der Waals surface area contributed by atoms with E-state index in [0.29, 0.717) is 18.5 Å². The highest BCUT2D eigenvalue weighted by Crippen LogP contribution is 2.25. The Hall–Kier alpha value is -2.48. The van der Waals surface area contributed by atoms with E-state index in [1.165, 1.54) is 9.87 Å². The molecule has 1 amide bonds. The monoisotopic (exact) mass is 413 g/mol. The first-order chi connectivity index (χ1) is 13.8. The third kappa shape index (κ3) is 4.93. The molecule has 2 aromatic carbocycles. The van der Waals surface area contributed by atoms with Crippen molar-refractivity contribution in [1.29, 1.82) is 0 Å². The zero-order valence-corrected chi connectivity index (χ0v) is 17.9. The van der Waals surface area contributed by atoms with Crippen LogP contribution in [0.3, 0.4) is 0 Å². The van der Waals surface area contributed by atoms with Crippen LogP contribution in [0.2, 0.25) is 0 Å². The predicted octanol–water partition coefficient (Wildman–Crippen LogP) is 2.48. The Bertz CT molecular complexity index is 995. The van der Waals surface area contributed by atoms with Gasteiger partial charge in [0.2, 0.25) is 15.9 Å². The Morgan fingerprint density at radius 1 is 1.03 bits per heavy atom.